The van der Waals surface area contributed by atoms with E-state index >= 15 is 0 Å². The van der Waals surface area contributed by atoms with Gasteiger partial charge in [0, 0.05) is 0 Å². The Morgan fingerprint density at radius 3 is 2.31 bits per heavy atom. The minimum Gasteiger partial charge on any atom is -0.377 e. The molecule has 1 N–H and O–H groups in total. The van der Waals surface area contributed by atoms with E-state index in [2.05, 4.69) is 32.5 Å². The first kappa shape index (κ1) is 12.5. The molecule has 0 saturated heterocycles. The van der Waals surface area contributed by atoms with Gasteiger partial charge in [-0.25, -0.2) is 0 Å². The topological polar surface area (TPSA) is 20.2 Å². The van der Waals surface area contributed by atoms with E-state index < -0.39 is 13.3 Å². The van der Waals surface area contributed by atoms with E-state index in [1.165, 1.54) is 0 Å². The first-order chi connectivity index (χ1) is 5.87. The molecule has 74 valence electrons. The maximum atomic E-state index is 10.1. The quantitative estimate of drug-likeness (QED) is 0.416. The fourth-order valence-electron chi connectivity index (χ4n) is 0.935. The SMILES string of the molecule is C#CC(O)(/C=C\CCC)[Si](C)(C)C. The van der Waals surface area contributed by atoms with Gasteiger partial charge in [0.25, 0.3) is 0 Å². The average molecular weight is 196 g/mol. The lowest BCUT2D eigenvalue weighted by atomic mass is 10.2. The Morgan fingerprint density at radius 1 is 1.46 bits per heavy atom. The number of allylic oxidation sites excluding steroid dienone is 1. The van der Waals surface area contributed by atoms with Gasteiger partial charge < -0.3 is 5.11 Å². The molecule has 0 spiro atoms. The molecule has 0 radical (unpaired) electrons. The van der Waals surface area contributed by atoms with Crippen molar-refractivity contribution in [2.24, 2.45) is 0 Å². The zero-order chi connectivity index (χ0) is 10.5. The van der Waals surface area contributed by atoms with Gasteiger partial charge in [0.05, 0.1) is 0 Å². The Labute approximate surface area is 82.9 Å². The lowest BCUT2D eigenvalue weighted by Gasteiger charge is -2.31. The smallest absolute Gasteiger partial charge is 0.129 e. The molecular formula is C11H20OSi. The number of aliphatic hydroxyl groups is 1. The normalized spacial score (nSPS) is 16.9. The van der Waals surface area contributed by atoms with E-state index in [-0.39, 0.29) is 0 Å². The van der Waals surface area contributed by atoms with Crippen molar-refractivity contribution in [1.29, 1.82) is 0 Å². The molecule has 13 heavy (non-hydrogen) atoms. The third-order valence-corrected chi connectivity index (χ3v) is 4.78. The van der Waals surface area contributed by atoms with Crippen LogP contribution in [0.5, 0.6) is 0 Å². The van der Waals surface area contributed by atoms with Gasteiger partial charge in [-0.05, 0) is 12.5 Å². The predicted molar refractivity (Wildman–Crippen MR) is 61.2 cm³/mol. The Balaban J connectivity index is 4.59. The van der Waals surface area contributed by atoms with Crippen LogP contribution in [0.4, 0.5) is 0 Å². The fourth-order valence-corrected chi connectivity index (χ4v) is 1.99. The van der Waals surface area contributed by atoms with Crippen molar-refractivity contribution in [3.8, 4) is 12.3 Å². The number of rotatable bonds is 4. The summed E-state index contributed by atoms with van der Waals surface area (Å²) in [6.07, 6.45) is 11.2. The maximum absolute atomic E-state index is 10.1. The van der Waals surface area contributed by atoms with E-state index in [4.69, 9.17) is 6.42 Å². The van der Waals surface area contributed by atoms with E-state index in [1.807, 2.05) is 6.08 Å². The van der Waals surface area contributed by atoms with E-state index in [0.717, 1.165) is 12.8 Å². The highest BCUT2D eigenvalue weighted by atomic mass is 28.3. The molecule has 1 atom stereocenters. The molecule has 2 heteroatoms. The first-order valence-corrected chi connectivity index (χ1v) is 8.25. The molecule has 1 nitrogen and oxygen atoms in total. The highest BCUT2D eigenvalue weighted by molar-refractivity contribution is 6.80. The van der Waals surface area contributed by atoms with Crippen molar-refractivity contribution in [2.45, 2.75) is 44.6 Å². The van der Waals surface area contributed by atoms with Crippen LogP contribution in [-0.4, -0.2) is 18.4 Å². The molecule has 0 amide bonds. The molecular weight excluding hydrogens is 176 g/mol. The molecule has 0 heterocycles. The minimum absolute atomic E-state index is 0.981. The molecule has 0 aromatic carbocycles. The standard InChI is InChI=1S/C11H20OSi/c1-6-8-9-10-11(12,7-2)13(3,4)5/h2,9-10,12H,6,8H2,1,3-5H3/b10-9-. The summed E-state index contributed by atoms with van der Waals surface area (Å²) in [5, 5.41) is 9.14. The molecule has 0 aliphatic heterocycles. The van der Waals surface area contributed by atoms with Gasteiger partial charge in [0.2, 0.25) is 0 Å². The van der Waals surface area contributed by atoms with Crippen LogP contribution in [-0.2, 0) is 0 Å². The lowest BCUT2D eigenvalue weighted by Crippen LogP contribution is -2.49. The van der Waals surface area contributed by atoms with Gasteiger partial charge in [-0.15, -0.1) is 6.42 Å². The largest absolute Gasteiger partial charge is 0.377 e. The van der Waals surface area contributed by atoms with Crippen LogP contribution >= 0.6 is 0 Å². The van der Waals surface area contributed by atoms with Crippen molar-refractivity contribution in [2.75, 3.05) is 0 Å². The summed E-state index contributed by atoms with van der Waals surface area (Å²) in [5.74, 6) is 2.51. The molecule has 0 saturated carbocycles. The second kappa shape index (κ2) is 4.64. The van der Waals surface area contributed by atoms with Gasteiger partial charge in [0.1, 0.15) is 13.3 Å². The molecule has 0 rings (SSSR count). The Hall–Kier alpha value is -0.523. The van der Waals surface area contributed by atoms with Crippen molar-refractivity contribution < 1.29 is 5.11 Å². The van der Waals surface area contributed by atoms with Gasteiger partial charge in [0.15, 0.2) is 0 Å². The van der Waals surface area contributed by atoms with Crippen molar-refractivity contribution in [3.63, 3.8) is 0 Å². The summed E-state index contributed by atoms with van der Waals surface area (Å²) in [7, 11) is -1.73. The Morgan fingerprint density at radius 2 is 2.00 bits per heavy atom. The van der Waals surface area contributed by atoms with Gasteiger partial charge in [-0.1, -0.05) is 45.0 Å². The zero-order valence-electron chi connectivity index (χ0n) is 9.09. The number of terminal acetylenes is 1. The van der Waals surface area contributed by atoms with E-state index in [1.54, 1.807) is 6.08 Å². The predicted octanol–water partition coefficient (Wildman–Crippen LogP) is 2.58. The fraction of sp³-hybridized carbons (Fsp3) is 0.636. The van der Waals surface area contributed by atoms with Crippen molar-refractivity contribution in [3.05, 3.63) is 12.2 Å². The van der Waals surface area contributed by atoms with Crippen LogP contribution in [0, 0.1) is 12.3 Å². The van der Waals surface area contributed by atoms with Gasteiger partial charge >= 0.3 is 0 Å². The summed E-state index contributed by atoms with van der Waals surface area (Å²) in [6, 6.07) is 0. The molecule has 0 aromatic rings. The van der Waals surface area contributed by atoms with Crippen LogP contribution in [0.1, 0.15) is 19.8 Å². The second-order valence-corrected chi connectivity index (χ2v) is 9.61. The average Bonchev–Trinajstić information content (AvgIpc) is 2.02. The number of hydrogen-bond acceptors (Lipinski definition) is 1. The zero-order valence-corrected chi connectivity index (χ0v) is 10.1. The molecule has 0 fully saturated rings. The summed E-state index contributed by atoms with van der Waals surface area (Å²) in [6.45, 7) is 8.32. The maximum Gasteiger partial charge on any atom is 0.129 e. The summed E-state index contributed by atoms with van der Waals surface area (Å²) in [5.41, 5.74) is 0. The Bertz CT molecular complexity index is 219. The van der Waals surface area contributed by atoms with Crippen LogP contribution in [0.25, 0.3) is 0 Å². The molecule has 0 aromatic heterocycles. The van der Waals surface area contributed by atoms with Gasteiger partial charge in [-0.2, -0.15) is 0 Å². The van der Waals surface area contributed by atoms with Crippen LogP contribution in [0.15, 0.2) is 12.2 Å². The lowest BCUT2D eigenvalue weighted by molar-refractivity contribution is 0.226. The summed E-state index contributed by atoms with van der Waals surface area (Å²) in [4.78, 5) is 0. The minimum atomic E-state index is -1.73. The third-order valence-electron chi connectivity index (χ3n) is 2.18. The van der Waals surface area contributed by atoms with Crippen LogP contribution in [0.3, 0.4) is 0 Å². The summed E-state index contributed by atoms with van der Waals surface area (Å²) < 4.78 is 0. The molecule has 0 aliphatic rings. The van der Waals surface area contributed by atoms with Crippen molar-refractivity contribution >= 4 is 8.07 Å². The second-order valence-electron chi connectivity index (χ2n) is 4.35. The highest BCUT2D eigenvalue weighted by Gasteiger charge is 2.37. The highest BCUT2D eigenvalue weighted by Crippen LogP contribution is 2.21. The monoisotopic (exact) mass is 196 g/mol. The van der Waals surface area contributed by atoms with Crippen LogP contribution < -0.4 is 0 Å². The molecule has 0 aliphatic carbocycles. The Kier molecular flexibility index (Phi) is 4.45. The van der Waals surface area contributed by atoms with Crippen molar-refractivity contribution in [1.82, 2.24) is 0 Å². The van der Waals surface area contributed by atoms with E-state index in [9.17, 15) is 5.11 Å². The van der Waals surface area contributed by atoms with Crippen LogP contribution in [0.2, 0.25) is 19.6 Å². The van der Waals surface area contributed by atoms with E-state index in [0.29, 0.717) is 0 Å². The summed E-state index contributed by atoms with van der Waals surface area (Å²) >= 11 is 0. The first-order valence-electron chi connectivity index (χ1n) is 4.75. The number of unbranched alkanes of at least 4 members (excludes halogenated alkanes) is 1. The molecule has 1 unspecified atom stereocenters. The third kappa shape index (κ3) is 3.37. The van der Waals surface area contributed by atoms with Gasteiger partial charge in [-0.3, -0.25) is 0 Å². The number of hydrogen-bond donors (Lipinski definition) is 1. The molecule has 0 bridgehead atoms.